The Kier molecular flexibility index (Phi) is 11.7. The van der Waals surface area contributed by atoms with E-state index in [1.807, 2.05) is 82.3 Å². The third-order valence-corrected chi connectivity index (χ3v) is 4.58. The Bertz CT molecular complexity index is 1290. The molecule has 7 nitrogen and oxygen atoms in total. The summed E-state index contributed by atoms with van der Waals surface area (Å²) in [7, 11) is 0. The molecule has 0 saturated heterocycles. The van der Waals surface area contributed by atoms with Crippen LogP contribution in [0.2, 0.25) is 0 Å². The Balaban J connectivity index is 0.000000269. The summed E-state index contributed by atoms with van der Waals surface area (Å²) in [6.45, 7) is 7.94. The maximum absolute atomic E-state index is 5.18. The molecule has 0 spiro atoms. The van der Waals surface area contributed by atoms with Gasteiger partial charge in [0, 0.05) is 11.4 Å². The summed E-state index contributed by atoms with van der Waals surface area (Å²) in [4.78, 5) is 22.9. The summed E-state index contributed by atoms with van der Waals surface area (Å²) in [5, 5.41) is 7.84. The van der Waals surface area contributed by atoms with Gasteiger partial charge in [0.25, 0.3) is 0 Å². The van der Waals surface area contributed by atoms with Gasteiger partial charge in [-0.25, -0.2) is 4.98 Å². The molecule has 0 N–H and O–H groups in total. The van der Waals surface area contributed by atoms with E-state index in [-0.39, 0.29) is 13.2 Å². The Morgan fingerprint density at radius 2 is 1.37 bits per heavy atom. The third kappa shape index (κ3) is 10.6. The van der Waals surface area contributed by atoms with E-state index in [9.17, 15) is 0 Å². The van der Waals surface area contributed by atoms with Crippen molar-refractivity contribution in [3.8, 4) is 24.2 Å². The normalized spacial score (nSPS) is 10.7. The Hall–Kier alpha value is -4.01. The Labute approximate surface area is 214 Å². The predicted molar refractivity (Wildman–Crippen MR) is 142 cm³/mol. The van der Waals surface area contributed by atoms with E-state index in [1.165, 1.54) is 0 Å². The summed E-state index contributed by atoms with van der Waals surface area (Å²) >= 11 is 3.30. The van der Waals surface area contributed by atoms with Crippen LogP contribution in [0, 0.1) is 38.0 Å². The first kappa shape index (κ1) is 27.2. The van der Waals surface area contributed by atoms with Crippen molar-refractivity contribution in [2.45, 2.75) is 27.7 Å². The largest absolute Gasteiger partial charge is 0.382 e. The van der Waals surface area contributed by atoms with Gasteiger partial charge in [0.15, 0.2) is 13.2 Å². The smallest absolute Gasteiger partial charge is 0.177 e. The van der Waals surface area contributed by atoms with Crippen LogP contribution in [0.4, 0.5) is 0 Å². The van der Waals surface area contributed by atoms with Crippen molar-refractivity contribution in [2.24, 2.45) is 10.3 Å². The molecule has 3 aromatic rings. The second-order valence-corrected chi connectivity index (χ2v) is 7.89. The number of pyridine rings is 3. The van der Waals surface area contributed by atoms with E-state index in [0.29, 0.717) is 5.69 Å². The predicted octanol–water partition coefficient (Wildman–Crippen LogP) is 5.10. The van der Waals surface area contributed by atoms with Gasteiger partial charge in [-0.2, -0.15) is 0 Å². The highest BCUT2D eigenvalue weighted by Gasteiger charge is 2.00. The first-order valence-electron chi connectivity index (χ1n) is 10.6. The first-order chi connectivity index (χ1) is 16.9. The van der Waals surface area contributed by atoms with Gasteiger partial charge in [-0.05, 0) is 85.9 Å². The van der Waals surface area contributed by atoms with Crippen LogP contribution < -0.4 is 0 Å². The Morgan fingerprint density at radius 1 is 0.829 bits per heavy atom. The maximum Gasteiger partial charge on any atom is 0.177 e. The molecule has 0 radical (unpaired) electrons. The minimum absolute atomic E-state index is 0.184. The van der Waals surface area contributed by atoms with Gasteiger partial charge in [0.2, 0.25) is 0 Å². The molecule has 35 heavy (non-hydrogen) atoms. The molecule has 3 aromatic heterocycles. The van der Waals surface area contributed by atoms with E-state index < -0.39 is 0 Å². The molecule has 0 atom stereocenters. The lowest BCUT2D eigenvalue weighted by molar-refractivity contribution is 0.179. The summed E-state index contributed by atoms with van der Waals surface area (Å²) in [6, 6.07) is 17.1. The number of rotatable bonds is 6. The van der Waals surface area contributed by atoms with Gasteiger partial charge in [0.1, 0.15) is 21.7 Å². The fourth-order valence-corrected chi connectivity index (χ4v) is 2.86. The van der Waals surface area contributed by atoms with Gasteiger partial charge in [0.05, 0.1) is 11.4 Å². The van der Waals surface area contributed by atoms with E-state index in [1.54, 1.807) is 0 Å². The number of oxime groups is 2. The molecule has 0 fully saturated rings. The lowest BCUT2D eigenvalue weighted by Gasteiger charge is -2.00. The van der Waals surface area contributed by atoms with Crippen LogP contribution >= 0.6 is 15.9 Å². The molecule has 0 saturated carbocycles. The molecular formula is C27H26BrN5O2. The summed E-state index contributed by atoms with van der Waals surface area (Å²) in [5.74, 6) is 8.11. The minimum Gasteiger partial charge on any atom is -0.382 e. The van der Waals surface area contributed by atoms with E-state index in [4.69, 9.17) is 16.1 Å². The molecule has 0 unspecified atom stereocenters. The highest BCUT2D eigenvalue weighted by atomic mass is 79.9. The number of halogens is 1. The number of hydrogen-bond acceptors (Lipinski definition) is 7. The number of aromatic nitrogens is 3. The zero-order valence-electron chi connectivity index (χ0n) is 20.1. The molecule has 0 aliphatic carbocycles. The fourth-order valence-electron chi connectivity index (χ4n) is 2.51. The second-order valence-electron chi connectivity index (χ2n) is 7.08. The number of hydrogen-bond donors (Lipinski definition) is 0. The monoisotopic (exact) mass is 531 g/mol. The van der Waals surface area contributed by atoms with Crippen molar-refractivity contribution in [3.05, 3.63) is 87.7 Å². The molecule has 0 aromatic carbocycles. The standard InChI is InChI=1S/C16H14BrN3O.C11H12N2O/c1-12-6-3-9-15(18-12)13(2)20-21-11-5-8-14-7-4-10-16(17)19-14;1-4-8-14-13-10(3)11-7-5-6-9(2)12-11/h3-4,6-7,9-10H,11H2,1-2H3;1,5-7H,8H2,2-3H3/b20-13+;13-10+. The van der Waals surface area contributed by atoms with Gasteiger partial charge >= 0.3 is 0 Å². The molecule has 0 bridgehead atoms. The lowest BCUT2D eigenvalue weighted by atomic mass is 10.2. The van der Waals surface area contributed by atoms with Gasteiger partial charge in [-0.3, -0.25) is 9.97 Å². The van der Waals surface area contributed by atoms with E-state index in [0.717, 1.165) is 38.8 Å². The third-order valence-electron chi connectivity index (χ3n) is 4.14. The Morgan fingerprint density at radius 3 is 1.89 bits per heavy atom. The summed E-state index contributed by atoms with van der Waals surface area (Å²) < 4.78 is 0.759. The molecule has 178 valence electrons. The van der Waals surface area contributed by atoms with Gasteiger partial charge in [-0.1, -0.05) is 40.4 Å². The van der Waals surface area contributed by atoms with Crippen molar-refractivity contribution < 1.29 is 9.68 Å². The highest BCUT2D eigenvalue weighted by Crippen LogP contribution is 2.05. The van der Waals surface area contributed by atoms with Crippen LogP contribution in [0.5, 0.6) is 0 Å². The minimum atomic E-state index is 0.184. The molecule has 8 heteroatoms. The van der Waals surface area contributed by atoms with E-state index >= 15 is 0 Å². The van der Waals surface area contributed by atoms with E-state index in [2.05, 4.69) is 59.0 Å². The van der Waals surface area contributed by atoms with Crippen LogP contribution in [0.1, 0.15) is 42.3 Å². The quantitative estimate of drug-likeness (QED) is 0.145. The summed E-state index contributed by atoms with van der Waals surface area (Å²) in [5.41, 5.74) is 5.65. The zero-order valence-corrected chi connectivity index (χ0v) is 21.7. The molecule has 0 aliphatic heterocycles. The average molecular weight is 532 g/mol. The molecule has 0 aliphatic rings. The van der Waals surface area contributed by atoms with Crippen molar-refractivity contribution in [1.82, 2.24) is 15.0 Å². The zero-order chi connectivity index (χ0) is 25.5. The lowest BCUT2D eigenvalue weighted by Crippen LogP contribution is -2.00. The van der Waals surface area contributed by atoms with Crippen LogP contribution in [0.25, 0.3) is 0 Å². The van der Waals surface area contributed by atoms with Crippen LogP contribution in [0.3, 0.4) is 0 Å². The number of terminal acetylenes is 1. The van der Waals surface area contributed by atoms with Crippen LogP contribution in [0.15, 0.2) is 69.5 Å². The SMILES string of the molecule is C#CCO/N=C(\C)c1cccc(C)n1.C/C(=N\OCC#Cc1cccc(Br)n1)c1cccc(C)n1. The number of nitrogens with zero attached hydrogens (tertiary/aromatic N) is 5. The molecule has 3 rings (SSSR count). The van der Waals surface area contributed by atoms with Crippen molar-refractivity contribution in [1.29, 1.82) is 0 Å². The summed E-state index contributed by atoms with van der Waals surface area (Å²) in [6.07, 6.45) is 5.02. The van der Waals surface area contributed by atoms with Gasteiger partial charge in [-0.15, -0.1) is 6.42 Å². The fraction of sp³-hybridized carbons (Fsp3) is 0.222. The van der Waals surface area contributed by atoms with Crippen molar-refractivity contribution >= 4 is 27.4 Å². The number of aryl methyl sites for hydroxylation is 2. The molecular weight excluding hydrogens is 506 g/mol. The first-order valence-corrected chi connectivity index (χ1v) is 11.4. The topological polar surface area (TPSA) is 81.9 Å². The van der Waals surface area contributed by atoms with Crippen molar-refractivity contribution in [3.63, 3.8) is 0 Å². The maximum atomic E-state index is 5.18. The van der Waals surface area contributed by atoms with Crippen molar-refractivity contribution in [2.75, 3.05) is 13.2 Å². The highest BCUT2D eigenvalue weighted by molar-refractivity contribution is 9.10. The second kappa shape index (κ2) is 15.0. The van der Waals surface area contributed by atoms with Crippen LogP contribution in [-0.2, 0) is 9.68 Å². The van der Waals surface area contributed by atoms with Gasteiger partial charge < -0.3 is 9.68 Å². The molecule has 0 amide bonds. The average Bonchev–Trinajstić information content (AvgIpc) is 2.84. The van der Waals surface area contributed by atoms with Crippen LogP contribution in [-0.4, -0.2) is 39.6 Å². The molecule has 3 heterocycles.